The minimum absolute atomic E-state index is 0.0826. The zero-order chi connectivity index (χ0) is 17.9. The van der Waals surface area contributed by atoms with Gasteiger partial charge in [-0.15, -0.1) is 11.3 Å². The van der Waals surface area contributed by atoms with Crippen molar-refractivity contribution < 1.29 is 4.79 Å². The fraction of sp³-hybridized carbons (Fsp3) is 0.333. The molecule has 3 aromatic rings. The topological polar surface area (TPSA) is 46.9 Å². The quantitative estimate of drug-likeness (QED) is 0.730. The van der Waals surface area contributed by atoms with Gasteiger partial charge in [0.25, 0.3) is 5.91 Å². The maximum absolute atomic E-state index is 12.8. The van der Waals surface area contributed by atoms with Crippen LogP contribution in [0.1, 0.15) is 57.7 Å². The molecular weight excluding hydrogens is 342 g/mol. The van der Waals surface area contributed by atoms with Crippen LogP contribution in [0.5, 0.6) is 0 Å². The van der Waals surface area contributed by atoms with Gasteiger partial charge in [0.15, 0.2) is 0 Å². The molecule has 0 bridgehead atoms. The largest absolute Gasteiger partial charge is 0.340 e. The fourth-order valence-electron chi connectivity index (χ4n) is 3.58. The van der Waals surface area contributed by atoms with E-state index in [0.29, 0.717) is 5.56 Å². The van der Waals surface area contributed by atoms with Crippen molar-refractivity contribution in [2.45, 2.75) is 45.2 Å². The van der Waals surface area contributed by atoms with Crippen LogP contribution in [-0.4, -0.2) is 15.7 Å². The molecule has 2 heterocycles. The molecule has 1 aliphatic carbocycles. The van der Waals surface area contributed by atoms with Crippen LogP contribution in [0, 0.1) is 0 Å². The molecule has 5 heteroatoms. The second kappa shape index (κ2) is 7.46. The number of nitrogens with zero attached hydrogens (tertiary/aromatic N) is 2. The molecule has 0 fully saturated rings. The molecule has 1 unspecified atom stereocenters. The Labute approximate surface area is 157 Å². The van der Waals surface area contributed by atoms with Gasteiger partial charge in [-0.25, -0.2) is 0 Å². The Morgan fingerprint density at radius 1 is 1.27 bits per heavy atom. The Bertz CT molecular complexity index is 898. The zero-order valence-electron chi connectivity index (χ0n) is 14.9. The highest BCUT2D eigenvalue weighted by atomic mass is 32.1. The fourth-order valence-corrected chi connectivity index (χ4v) is 4.38. The minimum Gasteiger partial charge on any atom is -0.340 e. The lowest BCUT2D eigenvalue weighted by Gasteiger charge is -2.22. The number of rotatable bonds is 5. The van der Waals surface area contributed by atoms with Gasteiger partial charge in [-0.2, -0.15) is 5.10 Å². The van der Waals surface area contributed by atoms with E-state index in [1.54, 1.807) is 28.4 Å². The first-order valence-electron chi connectivity index (χ1n) is 9.23. The lowest BCUT2D eigenvalue weighted by Crippen LogP contribution is -2.28. The number of thiophene rings is 1. The lowest BCUT2D eigenvalue weighted by atomic mass is 9.89. The predicted octanol–water partition coefficient (Wildman–Crippen LogP) is 4.36. The highest BCUT2D eigenvalue weighted by molar-refractivity contribution is 7.10. The van der Waals surface area contributed by atoms with E-state index in [1.807, 2.05) is 13.0 Å². The summed E-state index contributed by atoms with van der Waals surface area (Å²) in [6.45, 7) is 2.77. The van der Waals surface area contributed by atoms with Gasteiger partial charge in [0.2, 0.25) is 0 Å². The summed E-state index contributed by atoms with van der Waals surface area (Å²) in [5.41, 5.74) is 4.65. The van der Waals surface area contributed by atoms with E-state index in [0.717, 1.165) is 23.4 Å². The summed E-state index contributed by atoms with van der Waals surface area (Å²) in [5.74, 6) is -0.0826. The third-order valence-corrected chi connectivity index (χ3v) is 5.97. The molecule has 0 radical (unpaired) electrons. The number of hydrogen-bond donors (Lipinski definition) is 1. The summed E-state index contributed by atoms with van der Waals surface area (Å²) in [6.07, 6.45) is 8.27. The summed E-state index contributed by atoms with van der Waals surface area (Å²) in [6, 6.07) is 10.7. The van der Waals surface area contributed by atoms with Crippen molar-refractivity contribution in [3.8, 4) is 0 Å². The van der Waals surface area contributed by atoms with Crippen molar-refractivity contribution in [3.05, 3.63) is 75.2 Å². The van der Waals surface area contributed by atoms with Gasteiger partial charge < -0.3 is 5.32 Å². The Balaban J connectivity index is 1.64. The number of aromatic nitrogens is 2. The lowest BCUT2D eigenvalue weighted by molar-refractivity contribution is 0.0943. The molecule has 0 spiro atoms. The molecule has 26 heavy (non-hydrogen) atoms. The first-order valence-corrected chi connectivity index (χ1v) is 10.1. The van der Waals surface area contributed by atoms with Crippen LogP contribution < -0.4 is 5.32 Å². The number of hydrogen-bond acceptors (Lipinski definition) is 3. The molecule has 1 N–H and O–H groups in total. The third-order valence-electron chi connectivity index (χ3n) is 5.03. The number of aryl methyl sites for hydroxylation is 3. The van der Waals surface area contributed by atoms with Gasteiger partial charge in [0.05, 0.1) is 17.8 Å². The SMILES string of the molecule is CCn1cc(C(=O)NC(c2ccc3c(c2)CCCC3)c2cccs2)cn1. The van der Waals surface area contributed by atoms with Crippen molar-refractivity contribution in [2.75, 3.05) is 0 Å². The molecule has 1 aromatic carbocycles. The molecular formula is C21H23N3OS. The Hall–Kier alpha value is -2.40. The smallest absolute Gasteiger partial charge is 0.255 e. The van der Waals surface area contributed by atoms with E-state index in [9.17, 15) is 4.79 Å². The second-order valence-corrected chi connectivity index (χ2v) is 7.72. The maximum Gasteiger partial charge on any atom is 0.255 e. The third kappa shape index (κ3) is 3.44. The van der Waals surface area contributed by atoms with E-state index in [1.165, 1.54) is 30.4 Å². The summed E-state index contributed by atoms with van der Waals surface area (Å²) in [5, 5.41) is 9.49. The highest BCUT2D eigenvalue weighted by Gasteiger charge is 2.21. The molecule has 0 aliphatic heterocycles. The van der Waals surface area contributed by atoms with Crippen LogP contribution in [0.25, 0.3) is 0 Å². The molecule has 1 atom stereocenters. The maximum atomic E-state index is 12.8. The van der Waals surface area contributed by atoms with Crippen LogP contribution in [0.4, 0.5) is 0 Å². The van der Waals surface area contributed by atoms with Gasteiger partial charge in [-0.05, 0) is 60.7 Å². The van der Waals surface area contributed by atoms with Crippen LogP contribution in [0.2, 0.25) is 0 Å². The number of carbonyl (C=O) groups excluding carboxylic acids is 1. The number of benzene rings is 1. The van der Waals surface area contributed by atoms with Gasteiger partial charge in [-0.3, -0.25) is 9.48 Å². The molecule has 2 aromatic heterocycles. The first kappa shape index (κ1) is 17.0. The molecule has 1 aliphatic rings. The van der Waals surface area contributed by atoms with Crippen molar-refractivity contribution in [1.82, 2.24) is 15.1 Å². The van der Waals surface area contributed by atoms with Gasteiger partial charge >= 0.3 is 0 Å². The van der Waals surface area contributed by atoms with Crippen LogP contribution >= 0.6 is 11.3 Å². The monoisotopic (exact) mass is 365 g/mol. The number of nitrogens with one attached hydrogen (secondary N) is 1. The van der Waals surface area contributed by atoms with Gasteiger partial charge in [-0.1, -0.05) is 24.3 Å². The summed E-state index contributed by atoms with van der Waals surface area (Å²) >= 11 is 1.67. The second-order valence-electron chi connectivity index (χ2n) is 6.74. The molecule has 0 saturated heterocycles. The molecule has 1 amide bonds. The van der Waals surface area contributed by atoms with E-state index in [-0.39, 0.29) is 11.9 Å². The Morgan fingerprint density at radius 3 is 2.85 bits per heavy atom. The number of fused-ring (bicyclic) bond motifs is 1. The normalized spacial score (nSPS) is 14.7. The summed E-state index contributed by atoms with van der Waals surface area (Å²) in [7, 11) is 0. The van der Waals surface area contributed by atoms with Crippen LogP contribution in [-0.2, 0) is 19.4 Å². The first-order chi connectivity index (χ1) is 12.7. The summed E-state index contributed by atoms with van der Waals surface area (Å²) < 4.78 is 1.77. The molecule has 0 saturated carbocycles. The molecule has 134 valence electrons. The Morgan fingerprint density at radius 2 is 2.12 bits per heavy atom. The number of amides is 1. The highest BCUT2D eigenvalue weighted by Crippen LogP contribution is 2.30. The van der Waals surface area contributed by atoms with Crippen molar-refractivity contribution in [2.24, 2.45) is 0 Å². The number of carbonyl (C=O) groups is 1. The average molecular weight is 366 g/mol. The van der Waals surface area contributed by atoms with Crippen molar-refractivity contribution in [1.29, 1.82) is 0 Å². The van der Waals surface area contributed by atoms with E-state index in [4.69, 9.17) is 0 Å². The van der Waals surface area contributed by atoms with E-state index < -0.39 is 0 Å². The Kier molecular flexibility index (Phi) is 4.89. The van der Waals surface area contributed by atoms with Crippen molar-refractivity contribution >= 4 is 17.2 Å². The van der Waals surface area contributed by atoms with Gasteiger partial charge in [0.1, 0.15) is 0 Å². The van der Waals surface area contributed by atoms with Crippen molar-refractivity contribution in [3.63, 3.8) is 0 Å². The molecule has 4 rings (SSSR count). The zero-order valence-corrected chi connectivity index (χ0v) is 15.8. The predicted molar refractivity (Wildman–Crippen MR) is 105 cm³/mol. The standard InChI is InChI=1S/C21H23N3OS/c1-2-24-14-18(13-22-24)21(25)23-20(19-8-5-11-26-19)17-10-9-15-6-3-4-7-16(15)12-17/h5,8-14,20H,2-4,6-7H2,1H3,(H,23,25). The average Bonchev–Trinajstić information content (AvgIpc) is 3.37. The minimum atomic E-state index is -0.125. The van der Waals surface area contributed by atoms with Crippen LogP contribution in [0.15, 0.2) is 48.1 Å². The van der Waals surface area contributed by atoms with Gasteiger partial charge in [0, 0.05) is 17.6 Å². The van der Waals surface area contributed by atoms with E-state index in [2.05, 4.69) is 40.1 Å². The molecule has 4 nitrogen and oxygen atoms in total. The summed E-state index contributed by atoms with van der Waals surface area (Å²) in [4.78, 5) is 13.9. The van der Waals surface area contributed by atoms with E-state index >= 15 is 0 Å². The van der Waals surface area contributed by atoms with Crippen LogP contribution in [0.3, 0.4) is 0 Å².